The van der Waals surface area contributed by atoms with E-state index >= 15 is 0 Å². The number of fused-ring (bicyclic) bond motifs is 2. The Morgan fingerprint density at radius 2 is 1.47 bits per heavy atom. The third-order valence-electron chi connectivity index (χ3n) is 6.11. The monoisotopic (exact) mass is 423 g/mol. The number of rotatable bonds is 7. The molecule has 1 N–H and O–H groups in total. The van der Waals surface area contributed by atoms with Crippen molar-refractivity contribution < 1.29 is 9.90 Å². The van der Waals surface area contributed by atoms with Crippen LogP contribution in [-0.4, -0.2) is 35.6 Å². The van der Waals surface area contributed by atoms with E-state index in [0.717, 1.165) is 24.8 Å². The van der Waals surface area contributed by atoms with Gasteiger partial charge in [-0.05, 0) is 59.7 Å². The van der Waals surface area contributed by atoms with Crippen molar-refractivity contribution in [2.75, 3.05) is 13.6 Å². The molecule has 0 spiro atoms. The molecule has 1 atom stereocenters. The van der Waals surface area contributed by atoms with Crippen molar-refractivity contribution in [3.63, 3.8) is 0 Å². The van der Waals surface area contributed by atoms with Crippen LogP contribution in [0.2, 0.25) is 0 Å². The summed E-state index contributed by atoms with van der Waals surface area (Å²) in [4.78, 5) is 13.8. The number of aliphatic carboxylic acids is 1. The molecule has 0 radical (unpaired) electrons. The van der Waals surface area contributed by atoms with Crippen molar-refractivity contribution in [1.82, 2.24) is 4.90 Å². The van der Waals surface area contributed by atoms with Crippen LogP contribution in [0.1, 0.15) is 34.2 Å². The van der Waals surface area contributed by atoms with Gasteiger partial charge in [0.2, 0.25) is 0 Å². The lowest BCUT2D eigenvalue weighted by atomic mass is 9.93. The number of carboxylic acid groups (broad SMARTS) is 1. The second kappa shape index (κ2) is 10.3. The molecule has 0 aromatic heterocycles. The number of carbonyl (C=O) groups is 1. The maximum atomic E-state index is 11.9. The van der Waals surface area contributed by atoms with Crippen LogP contribution in [0.25, 0.3) is 11.6 Å². The lowest BCUT2D eigenvalue weighted by Crippen LogP contribution is -2.37. The molecule has 0 amide bonds. The lowest BCUT2D eigenvalue weighted by molar-refractivity contribution is -0.140. The molecule has 1 unspecified atom stereocenters. The van der Waals surface area contributed by atoms with Crippen LogP contribution in [0.4, 0.5) is 0 Å². The molecule has 162 valence electrons. The molecule has 0 aliphatic heterocycles. The van der Waals surface area contributed by atoms with Gasteiger partial charge in [-0.25, -0.2) is 0 Å². The Morgan fingerprint density at radius 1 is 0.906 bits per heavy atom. The van der Waals surface area contributed by atoms with Crippen LogP contribution in [-0.2, 0) is 17.6 Å². The molecule has 0 heterocycles. The second-order valence-corrected chi connectivity index (χ2v) is 8.25. The summed E-state index contributed by atoms with van der Waals surface area (Å²) in [5, 5.41) is 9.76. The molecular formula is C29H29NO2. The van der Waals surface area contributed by atoms with Crippen molar-refractivity contribution in [2.24, 2.45) is 0 Å². The van der Waals surface area contributed by atoms with E-state index in [1.807, 2.05) is 48.4 Å². The maximum Gasteiger partial charge on any atom is 0.324 e. The minimum atomic E-state index is -0.836. The zero-order valence-electron chi connectivity index (χ0n) is 18.4. The van der Waals surface area contributed by atoms with Gasteiger partial charge >= 0.3 is 5.97 Å². The van der Waals surface area contributed by atoms with Crippen LogP contribution in [0.5, 0.6) is 0 Å². The van der Waals surface area contributed by atoms with Gasteiger partial charge in [-0.1, -0.05) is 97.1 Å². The Hall–Kier alpha value is -3.43. The van der Waals surface area contributed by atoms with Crippen molar-refractivity contribution in [3.05, 3.63) is 119 Å². The Balaban J connectivity index is 1.54. The molecule has 4 rings (SSSR count). The van der Waals surface area contributed by atoms with Crippen molar-refractivity contribution >= 4 is 17.6 Å². The molecule has 3 heteroatoms. The van der Waals surface area contributed by atoms with E-state index in [0.29, 0.717) is 6.54 Å². The summed E-state index contributed by atoms with van der Waals surface area (Å²) in [5.41, 5.74) is 7.59. The van der Waals surface area contributed by atoms with Gasteiger partial charge in [0, 0.05) is 6.54 Å². The van der Waals surface area contributed by atoms with Crippen LogP contribution in [0.3, 0.4) is 0 Å². The molecule has 3 nitrogen and oxygen atoms in total. The summed E-state index contributed by atoms with van der Waals surface area (Å²) in [7, 11) is 1.88. The Morgan fingerprint density at radius 3 is 2.06 bits per heavy atom. The van der Waals surface area contributed by atoms with Crippen molar-refractivity contribution in [2.45, 2.75) is 25.3 Å². The van der Waals surface area contributed by atoms with E-state index in [1.165, 1.54) is 27.8 Å². The van der Waals surface area contributed by atoms with E-state index in [2.05, 4.69) is 54.6 Å². The number of carboxylic acids is 1. The molecule has 3 aromatic carbocycles. The Kier molecular flexibility index (Phi) is 6.98. The first-order chi connectivity index (χ1) is 15.6. The molecule has 0 bridgehead atoms. The van der Waals surface area contributed by atoms with Gasteiger partial charge in [0.05, 0.1) is 0 Å². The first-order valence-corrected chi connectivity index (χ1v) is 11.2. The van der Waals surface area contributed by atoms with Gasteiger partial charge in [-0.3, -0.25) is 9.69 Å². The van der Waals surface area contributed by atoms with E-state index in [-0.39, 0.29) is 0 Å². The summed E-state index contributed by atoms with van der Waals surface area (Å²) in [6.45, 7) is 0.657. The summed E-state index contributed by atoms with van der Waals surface area (Å²) < 4.78 is 0. The standard InChI is InChI=1S/C29H29NO2/c1-30(28(29(31)32)20-17-22-10-3-2-4-11-22)21-9-16-27-25-14-7-5-12-23(25)18-19-24-13-6-8-15-26(24)27/h2-8,10-17,20,28H,9,18-19,21H2,1H3,(H,31,32). The molecule has 32 heavy (non-hydrogen) atoms. The van der Waals surface area contributed by atoms with Crippen LogP contribution < -0.4 is 0 Å². The highest BCUT2D eigenvalue weighted by molar-refractivity contribution is 5.84. The van der Waals surface area contributed by atoms with Gasteiger partial charge in [0.1, 0.15) is 6.04 Å². The second-order valence-electron chi connectivity index (χ2n) is 8.25. The Labute approximate surface area is 190 Å². The average Bonchev–Trinajstić information content (AvgIpc) is 2.97. The van der Waals surface area contributed by atoms with Gasteiger partial charge < -0.3 is 5.11 Å². The number of nitrogens with zero attached hydrogens (tertiary/aromatic N) is 1. The minimum Gasteiger partial charge on any atom is -0.480 e. The number of aryl methyl sites for hydroxylation is 2. The first-order valence-electron chi connectivity index (χ1n) is 11.2. The maximum absolute atomic E-state index is 11.9. The number of benzene rings is 3. The SMILES string of the molecule is CN(CCC=C1c2ccccc2CCc2ccccc21)C(C=Cc1ccccc1)C(=O)O. The Bertz CT molecular complexity index is 1080. The fourth-order valence-electron chi connectivity index (χ4n) is 4.37. The number of hydrogen-bond acceptors (Lipinski definition) is 2. The highest BCUT2D eigenvalue weighted by Crippen LogP contribution is 2.33. The molecular weight excluding hydrogens is 394 g/mol. The van der Waals surface area contributed by atoms with Gasteiger partial charge in [0.25, 0.3) is 0 Å². The molecule has 1 aliphatic carbocycles. The quantitative estimate of drug-likeness (QED) is 0.529. The topological polar surface area (TPSA) is 40.5 Å². The molecule has 0 saturated heterocycles. The third kappa shape index (κ3) is 5.06. The molecule has 0 saturated carbocycles. The number of hydrogen-bond donors (Lipinski definition) is 1. The van der Waals surface area contributed by atoms with Crippen molar-refractivity contribution in [3.8, 4) is 0 Å². The molecule has 1 aliphatic rings. The lowest BCUT2D eigenvalue weighted by Gasteiger charge is -2.21. The summed E-state index contributed by atoms with van der Waals surface area (Å²) >= 11 is 0. The first kappa shape index (κ1) is 21.8. The summed E-state index contributed by atoms with van der Waals surface area (Å²) in [6.07, 6.45) is 8.77. The van der Waals surface area contributed by atoms with Gasteiger partial charge in [0.15, 0.2) is 0 Å². The normalized spacial score (nSPS) is 14.0. The summed E-state index contributed by atoms with van der Waals surface area (Å²) in [6, 6.07) is 26.4. The van der Waals surface area contributed by atoms with Crippen LogP contribution in [0, 0.1) is 0 Å². The van der Waals surface area contributed by atoms with Gasteiger partial charge in [-0.15, -0.1) is 0 Å². The summed E-state index contributed by atoms with van der Waals surface area (Å²) in [5.74, 6) is -0.836. The zero-order valence-corrected chi connectivity index (χ0v) is 18.4. The fourth-order valence-corrected chi connectivity index (χ4v) is 4.37. The molecule has 0 fully saturated rings. The predicted octanol–water partition coefficient (Wildman–Crippen LogP) is 5.71. The van der Waals surface area contributed by atoms with Crippen molar-refractivity contribution in [1.29, 1.82) is 0 Å². The van der Waals surface area contributed by atoms with E-state index in [4.69, 9.17) is 0 Å². The third-order valence-corrected chi connectivity index (χ3v) is 6.11. The largest absolute Gasteiger partial charge is 0.480 e. The smallest absolute Gasteiger partial charge is 0.324 e. The predicted molar refractivity (Wildman–Crippen MR) is 132 cm³/mol. The molecule has 3 aromatic rings. The average molecular weight is 424 g/mol. The fraction of sp³-hybridized carbons (Fsp3) is 0.207. The van der Waals surface area contributed by atoms with Gasteiger partial charge in [-0.2, -0.15) is 0 Å². The van der Waals surface area contributed by atoms with E-state index < -0.39 is 12.0 Å². The van der Waals surface area contributed by atoms with Crippen LogP contribution in [0.15, 0.2) is 91.0 Å². The van der Waals surface area contributed by atoms with E-state index in [1.54, 1.807) is 6.08 Å². The zero-order chi connectivity index (χ0) is 22.3. The number of likely N-dealkylation sites (N-methyl/N-ethyl adjacent to an activating group) is 1. The van der Waals surface area contributed by atoms with Crippen LogP contribution >= 0.6 is 0 Å². The highest BCUT2D eigenvalue weighted by atomic mass is 16.4. The van der Waals surface area contributed by atoms with E-state index in [9.17, 15) is 9.90 Å². The minimum absolute atomic E-state index is 0.657. The highest BCUT2D eigenvalue weighted by Gasteiger charge is 2.20.